The lowest BCUT2D eigenvalue weighted by atomic mass is 9.98. The zero-order valence-corrected chi connectivity index (χ0v) is 11.0. The van der Waals surface area contributed by atoms with Gasteiger partial charge in [-0.1, -0.05) is 18.6 Å². The summed E-state index contributed by atoms with van der Waals surface area (Å²) in [5.41, 5.74) is 1.44. The van der Waals surface area contributed by atoms with Crippen LogP contribution >= 0.6 is 35.0 Å². The molecular formula is C11H15ClIN. The van der Waals surface area contributed by atoms with Crippen molar-refractivity contribution in [1.82, 2.24) is 5.32 Å². The second-order valence-corrected chi connectivity index (χ2v) is 4.80. The fraction of sp³-hybridized carbons (Fsp3) is 0.455. The van der Waals surface area contributed by atoms with Crippen molar-refractivity contribution in [2.75, 3.05) is 6.54 Å². The fourth-order valence-corrected chi connectivity index (χ4v) is 2.19. The molecule has 1 aliphatic heterocycles. The van der Waals surface area contributed by atoms with Crippen LogP contribution in [0.25, 0.3) is 0 Å². The number of benzene rings is 1. The van der Waals surface area contributed by atoms with Crippen molar-refractivity contribution in [2.24, 2.45) is 0 Å². The molecule has 1 nitrogen and oxygen atoms in total. The maximum absolute atomic E-state index is 3.55. The molecule has 1 aromatic rings. The van der Waals surface area contributed by atoms with Crippen LogP contribution in [0.15, 0.2) is 24.3 Å². The van der Waals surface area contributed by atoms with E-state index in [1.165, 1.54) is 34.9 Å². The summed E-state index contributed by atoms with van der Waals surface area (Å²) in [4.78, 5) is 0. The lowest BCUT2D eigenvalue weighted by molar-refractivity contribution is 0.412. The Balaban J connectivity index is 0.000000980. The van der Waals surface area contributed by atoms with Gasteiger partial charge in [0.05, 0.1) is 0 Å². The van der Waals surface area contributed by atoms with Crippen LogP contribution in [-0.2, 0) is 0 Å². The molecule has 0 aromatic heterocycles. The first kappa shape index (κ1) is 12.3. The Labute approximate surface area is 105 Å². The van der Waals surface area contributed by atoms with Crippen molar-refractivity contribution in [3.8, 4) is 0 Å². The number of hydrogen-bond donors (Lipinski definition) is 1. The normalized spacial score (nSPS) is 21.4. The molecule has 0 amide bonds. The van der Waals surface area contributed by atoms with Crippen LogP contribution in [0, 0.1) is 3.57 Å². The fourth-order valence-electron chi connectivity index (χ4n) is 1.83. The highest BCUT2D eigenvalue weighted by molar-refractivity contribution is 14.1. The average Bonchev–Trinajstić information content (AvgIpc) is 2.20. The van der Waals surface area contributed by atoms with Crippen LogP contribution in [0.1, 0.15) is 30.9 Å². The third-order valence-corrected chi connectivity index (χ3v) is 3.30. The van der Waals surface area contributed by atoms with Crippen molar-refractivity contribution in [2.45, 2.75) is 25.3 Å². The van der Waals surface area contributed by atoms with E-state index in [0.717, 1.165) is 0 Å². The molecule has 2 rings (SSSR count). The van der Waals surface area contributed by atoms with Crippen LogP contribution in [0.5, 0.6) is 0 Å². The summed E-state index contributed by atoms with van der Waals surface area (Å²) >= 11 is 2.35. The van der Waals surface area contributed by atoms with E-state index in [-0.39, 0.29) is 12.4 Å². The summed E-state index contributed by atoms with van der Waals surface area (Å²) in [6.07, 6.45) is 3.99. The van der Waals surface area contributed by atoms with Crippen molar-refractivity contribution in [1.29, 1.82) is 0 Å². The molecule has 0 saturated carbocycles. The molecule has 78 valence electrons. The number of halogens is 2. The van der Waals surface area contributed by atoms with Gasteiger partial charge in [-0.2, -0.15) is 0 Å². The zero-order valence-electron chi connectivity index (χ0n) is 8.00. The standard InChI is InChI=1S/C11H14IN.ClH/c12-10-6-4-9(5-7-10)11-3-1-2-8-13-11;/h4-7,11,13H,1-3,8H2;1H/t11-;/m0./s1. The van der Waals surface area contributed by atoms with Gasteiger partial charge in [-0.3, -0.25) is 0 Å². The molecule has 0 spiro atoms. The quantitative estimate of drug-likeness (QED) is 0.780. The highest BCUT2D eigenvalue weighted by Crippen LogP contribution is 2.23. The van der Waals surface area contributed by atoms with Gasteiger partial charge in [-0.15, -0.1) is 12.4 Å². The molecule has 1 saturated heterocycles. The van der Waals surface area contributed by atoms with Gasteiger partial charge >= 0.3 is 0 Å². The summed E-state index contributed by atoms with van der Waals surface area (Å²) in [5, 5.41) is 3.55. The third-order valence-electron chi connectivity index (χ3n) is 2.58. The van der Waals surface area contributed by atoms with Crippen LogP contribution in [0.4, 0.5) is 0 Å². The van der Waals surface area contributed by atoms with Crippen molar-refractivity contribution in [3.05, 3.63) is 33.4 Å². The zero-order chi connectivity index (χ0) is 9.10. The van der Waals surface area contributed by atoms with E-state index in [9.17, 15) is 0 Å². The molecule has 0 radical (unpaired) electrons. The molecule has 0 unspecified atom stereocenters. The monoisotopic (exact) mass is 323 g/mol. The summed E-state index contributed by atoms with van der Waals surface area (Å²) in [7, 11) is 0. The molecule has 1 heterocycles. The van der Waals surface area contributed by atoms with E-state index in [4.69, 9.17) is 0 Å². The minimum atomic E-state index is 0. The molecule has 3 heteroatoms. The SMILES string of the molecule is Cl.Ic1ccc([C@@H]2CCCCN2)cc1. The van der Waals surface area contributed by atoms with Gasteiger partial charge in [0, 0.05) is 9.61 Å². The van der Waals surface area contributed by atoms with Gasteiger partial charge in [0.1, 0.15) is 0 Å². The first-order chi connectivity index (χ1) is 6.36. The summed E-state index contributed by atoms with van der Waals surface area (Å²) in [5.74, 6) is 0. The van der Waals surface area contributed by atoms with Crippen molar-refractivity contribution >= 4 is 35.0 Å². The highest BCUT2D eigenvalue weighted by Gasteiger charge is 2.13. The summed E-state index contributed by atoms with van der Waals surface area (Å²) < 4.78 is 1.32. The Morgan fingerprint density at radius 2 is 1.86 bits per heavy atom. The topological polar surface area (TPSA) is 12.0 Å². The number of rotatable bonds is 1. The van der Waals surface area contributed by atoms with E-state index in [2.05, 4.69) is 52.2 Å². The molecule has 1 aromatic carbocycles. The van der Waals surface area contributed by atoms with E-state index >= 15 is 0 Å². The molecule has 1 atom stereocenters. The van der Waals surface area contributed by atoms with E-state index < -0.39 is 0 Å². The first-order valence-electron chi connectivity index (χ1n) is 4.85. The molecule has 1 N–H and O–H groups in total. The predicted molar refractivity (Wildman–Crippen MR) is 71.0 cm³/mol. The van der Waals surface area contributed by atoms with Gasteiger partial charge in [-0.25, -0.2) is 0 Å². The van der Waals surface area contributed by atoms with Gasteiger partial charge in [0.2, 0.25) is 0 Å². The Hall–Kier alpha value is 0.200. The maximum Gasteiger partial charge on any atom is 0.0320 e. The Bertz CT molecular complexity index is 267. The van der Waals surface area contributed by atoms with E-state index in [1.54, 1.807) is 0 Å². The molecule has 1 fully saturated rings. The molecule has 1 aliphatic rings. The lowest BCUT2D eigenvalue weighted by Gasteiger charge is -2.23. The van der Waals surface area contributed by atoms with Crippen LogP contribution < -0.4 is 5.32 Å². The number of hydrogen-bond acceptors (Lipinski definition) is 1. The second-order valence-electron chi connectivity index (χ2n) is 3.55. The van der Waals surface area contributed by atoms with Gasteiger partial charge < -0.3 is 5.32 Å². The lowest BCUT2D eigenvalue weighted by Crippen LogP contribution is -2.26. The maximum atomic E-state index is 3.55. The Kier molecular flexibility index (Phi) is 5.20. The number of piperidine rings is 1. The molecule has 14 heavy (non-hydrogen) atoms. The van der Waals surface area contributed by atoms with Crippen LogP contribution in [-0.4, -0.2) is 6.54 Å². The molecule has 0 bridgehead atoms. The number of nitrogens with one attached hydrogen (secondary N) is 1. The Morgan fingerprint density at radius 1 is 1.14 bits per heavy atom. The minimum Gasteiger partial charge on any atom is -0.310 e. The van der Waals surface area contributed by atoms with E-state index in [1.807, 2.05) is 0 Å². The molecule has 0 aliphatic carbocycles. The first-order valence-corrected chi connectivity index (χ1v) is 5.93. The van der Waals surface area contributed by atoms with Gasteiger partial charge in [0.25, 0.3) is 0 Å². The van der Waals surface area contributed by atoms with Crippen molar-refractivity contribution in [3.63, 3.8) is 0 Å². The third kappa shape index (κ3) is 3.11. The second kappa shape index (κ2) is 5.93. The van der Waals surface area contributed by atoms with Crippen LogP contribution in [0.3, 0.4) is 0 Å². The van der Waals surface area contributed by atoms with Crippen LogP contribution in [0.2, 0.25) is 0 Å². The summed E-state index contributed by atoms with van der Waals surface area (Å²) in [6, 6.07) is 9.46. The smallest absolute Gasteiger partial charge is 0.0320 e. The highest BCUT2D eigenvalue weighted by atomic mass is 127. The summed E-state index contributed by atoms with van der Waals surface area (Å²) in [6.45, 7) is 1.18. The van der Waals surface area contributed by atoms with Gasteiger partial charge in [0.15, 0.2) is 0 Å². The predicted octanol–water partition coefficient (Wildman–Crippen LogP) is 3.53. The minimum absolute atomic E-state index is 0. The largest absolute Gasteiger partial charge is 0.310 e. The van der Waals surface area contributed by atoms with E-state index in [0.29, 0.717) is 6.04 Å². The van der Waals surface area contributed by atoms with Crippen molar-refractivity contribution < 1.29 is 0 Å². The average molecular weight is 324 g/mol. The Morgan fingerprint density at radius 3 is 2.43 bits per heavy atom. The molecular weight excluding hydrogens is 308 g/mol. The van der Waals surface area contributed by atoms with Gasteiger partial charge in [-0.05, 0) is 59.7 Å².